The van der Waals surface area contributed by atoms with E-state index in [1.165, 1.54) is 11.3 Å². The van der Waals surface area contributed by atoms with Crippen LogP contribution in [0.5, 0.6) is 0 Å². The van der Waals surface area contributed by atoms with Crippen molar-refractivity contribution in [1.82, 2.24) is 19.9 Å². The zero-order valence-corrected chi connectivity index (χ0v) is 18.6. The van der Waals surface area contributed by atoms with E-state index < -0.39 is 0 Å². The highest BCUT2D eigenvalue weighted by atomic mass is 32.1. The molecule has 2 aromatic heterocycles. The number of aromatic nitrogens is 3. The van der Waals surface area contributed by atoms with Crippen LogP contribution >= 0.6 is 11.3 Å². The van der Waals surface area contributed by atoms with Gasteiger partial charge in [0.15, 0.2) is 5.13 Å². The number of hydrogen-bond donors (Lipinski definition) is 0. The van der Waals surface area contributed by atoms with Gasteiger partial charge in [-0.3, -0.25) is 14.5 Å². The van der Waals surface area contributed by atoms with Gasteiger partial charge in [0, 0.05) is 62.2 Å². The van der Waals surface area contributed by atoms with Gasteiger partial charge in [0.25, 0.3) is 0 Å². The second-order valence-electron chi connectivity index (χ2n) is 8.20. The molecule has 2 aromatic rings. The van der Waals surface area contributed by atoms with Crippen molar-refractivity contribution in [2.45, 2.75) is 46.0 Å². The van der Waals surface area contributed by atoms with Crippen LogP contribution in [0, 0.1) is 6.92 Å². The number of nitrogens with zero attached hydrogens (tertiary/aromatic N) is 6. The van der Waals surface area contributed by atoms with Gasteiger partial charge < -0.3 is 9.80 Å². The number of amides is 2. The first-order valence-electron chi connectivity index (χ1n) is 10.5. The molecule has 0 N–H and O–H groups in total. The molecule has 0 radical (unpaired) electrons. The minimum absolute atomic E-state index is 0.0842. The monoisotopic (exact) mass is 428 g/mol. The fraction of sp³-hybridized carbons (Fsp3) is 0.571. The van der Waals surface area contributed by atoms with Gasteiger partial charge in [0.2, 0.25) is 11.8 Å². The smallest absolute Gasteiger partial charge is 0.228 e. The summed E-state index contributed by atoms with van der Waals surface area (Å²) < 4.78 is 0. The summed E-state index contributed by atoms with van der Waals surface area (Å²) in [5.74, 6) is 2.29. The molecular formula is C21H28N6O2S. The van der Waals surface area contributed by atoms with Crippen molar-refractivity contribution in [3.05, 3.63) is 28.7 Å². The molecule has 0 aromatic carbocycles. The van der Waals surface area contributed by atoms with Gasteiger partial charge in [-0.15, -0.1) is 11.3 Å². The van der Waals surface area contributed by atoms with E-state index in [0.29, 0.717) is 24.6 Å². The Balaban J connectivity index is 1.34. The Hall–Kier alpha value is -2.55. The Labute approximate surface area is 180 Å². The topological polar surface area (TPSA) is 82.5 Å². The molecule has 0 spiro atoms. The number of piperazine rings is 1. The van der Waals surface area contributed by atoms with Gasteiger partial charge >= 0.3 is 0 Å². The Kier molecular flexibility index (Phi) is 5.99. The Morgan fingerprint density at radius 1 is 1.13 bits per heavy atom. The van der Waals surface area contributed by atoms with E-state index in [0.717, 1.165) is 49.1 Å². The van der Waals surface area contributed by atoms with Crippen molar-refractivity contribution in [2.24, 2.45) is 0 Å². The lowest BCUT2D eigenvalue weighted by molar-refractivity contribution is -0.130. The zero-order chi connectivity index (χ0) is 21.3. The lowest BCUT2D eigenvalue weighted by atomic mass is 10.2. The summed E-state index contributed by atoms with van der Waals surface area (Å²) in [6.45, 7) is 9.75. The first-order valence-corrected chi connectivity index (χ1v) is 11.4. The van der Waals surface area contributed by atoms with Crippen LogP contribution in [0.1, 0.15) is 49.8 Å². The first-order chi connectivity index (χ1) is 14.4. The normalized spacial score (nSPS) is 17.3. The molecule has 2 aliphatic rings. The fourth-order valence-corrected chi connectivity index (χ4v) is 4.67. The average molecular weight is 429 g/mol. The molecule has 160 valence electrons. The minimum atomic E-state index is 0.0842. The maximum atomic E-state index is 12.8. The lowest BCUT2D eigenvalue weighted by Crippen LogP contribution is -2.49. The number of aryl methyl sites for hydroxylation is 1. The standard InChI is InChI=1S/C21H28N6O2S/c1-14(2)20-22-15(3)11-17(24-20)25-7-9-26(10-8-25)19(29)12-16-13-30-21(23-16)27-6-4-5-18(27)28/h11,13-14H,4-10,12H2,1-3H3. The Morgan fingerprint density at radius 2 is 1.90 bits per heavy atom. The van der Waals surface area contributed by atoms with E-state index in [-0.39, 0.29) is 24.2 Å². The van der Waals surface area contributed by atoms with Crippen LogP contribution in [0.2, 0.25) is 0 Å². The van der Waals surface area contributed by atoms with Crippen LogP contribution in [0.4, 0.5) is 10.9 Å². The van der Waals surface area contributed by atoms with E-state index in [2.05, 4.69) is 28.7 Å². The van der Waals surface area contributed by atoms with Gasteiger partial charge in [0.1, 0.15) is 11.6 Å². The maximum absolute atomic E-state index is 12.8. The molecule has 8 nitrogen and oxygen atoms in total. The highest BCUT2D eigenvalue weighted by Crippen LogP contribution is 2.26. The number of hydrogen-bond acceptors (Lipinski definition) is 7. The molecule has 2 aliphatic heterocycles. The molecule has 2 amide bonds. The molecule has 4 heterocycles. The maximum Gasteiger partial charge on any atom is 0.228 e. The molecule has 0 unspecified atom stereocenters. The Bertz CT molecular complexity index is 935. The predicted molar refractivity (Wildman–Crippen MR) is 117 cm³/mol. The molecule has 2 saturated heterocycles. The van der Waals surface area contributed by atoms with Gasteiger partial charge in [-0.05, 0) is 13.3 Å². The van der Waals surface area contributed by atoms with Gasteiger partial charge in [0.05, 0.1) is 12.1 Å². The molecule has 9 heteroatoms. The van der Waals surface area contributed by atoms with Crippen molar-refractivity contribution < 1.29 is 9.59 Å². The van der Waals surface area contributed by atoms with Crippen LogP contribution in [-0.4, -0.2) is 64.4 Å². The third-order valence-corrected chi connectivity index (χ3v) is 6.42. The highest BCUT2D eigenvalue weighted by molar-refractivity contribution is 7.14. The minimum Gasteiger partial charge on any atom is -0.353 e. The molecule has 4 rings (SSSR count). The number of carbonyl (C=O) groups is 2. The molecule has 0 atom stereocenters. The highest BCUT2D eigenvalue weighted by Gasteiger charge is 2.26. The quantitative estimate of drug-likeness (QED) is 0.727. The number of anilines is 2. The third kappa shape index (κ3) is 4.45. The van der Waals surface area contributed by atoms with Crippen LogP contribution in [-0.2, 0) is 16.0 Å². The number of rotatable bonds is 5. The molecule has 0 aliphatic carbocycles. The van der Waals surface area contributed by atoms with Crippen molar-refractivity contribution >= 4 is 34.1 Å². The number of carbonyl (C=O) groups excluding carboxylic acids is 2. The van der Waals surface area contributed by atoms with Crippen LogP contribution < -0.4 is 9.80 Å². The third-order valence-electron chi connectivity index (χ3n) is 5.51. The second-order valence-corrected chi connectivity index (χ2v) is 9.03. The van der Waals surface area contributed by atoms with Crippen molar-refractivity contribution in [2.75, 3.05) is 42.5 Å². The predicted octanol–water partition coefficient (Wildman–Crippen LogP) is 2.38. The number of thiazole rings is 1. The molecule has 30 heavy (non-hydrogen) atoms. The van der Waals surface area contributed by atoms with Crippen LogP contribution in [0.25, 0.3) is 0 Å². The van der Waals surface area contributed by atoms with E-state index in [9.17, 15) is 9.59 Å². The van der Waals surface area contributed by atoms with Gasteiger partial charge in [-0.2, -0.15) is 0 Å². The first kappa shape index (κ1) is 20.7. The van der Waals surface area contributed by atoms with Gasteiger partial charge in [-0.1, -0.05) is 13.8 Å². The van der Waals surface area contributed by atoms with Crippen molar-refractivity contribution in [3.63, 3.8) is 0 Å². The van der Waals surface area contributed by atoms with Crippen molar-refractivity contribution in [3.8, 4) is 0 Å². The summed E-state index contributed by atoms with van der Waals surface area (Å²) in [6, 6.07) is 2.01. The van der Waals surface area contributed by atoms with Crippen molar-refractivity contribution in [1.29, 1.82) is 0 Å². The Morgan fingerprint density at radius 3 is 2.57 bits per heavy atom. The average Bonchev–Trinajstić information content (AvgIpc) is 3.36. The zero-order valence-electron chi connectivity index (χ0n) is 17.8. The SMILES string of the molecule is Cc1cc(N2CCN(C(=O)Cc3csc(N4CCCC4=O)n3)CC2)nc(C(C)C)n1. The van der Waals surface area contributed by atoms with E-state index >= 15 is 0 Å². The van der Waals surface area contributed by atoms with Crippen LogP contribution in [0.15, 0.2) is 11.4 Å². The summed E-state index contributed by atoms with van der Waals surface area (Å²) in [6.07, 6.45) is 1.74. The van der Waals surface area contributed by atoms with E-state index in [4.69, 9.17) is 4.98 Å². The second kappa shape index (κ2) is 8.67. The molecule has 2 fully saturated rings. The van der Waals surface area contributed by atoms with E-state index in [1.54, 1.807) is 4.90 Å². The summed E-state index contributed by atoms with van der Waals surface area (Å²) in [5.41, 5.74) is 1.72. The van der Waals surface area contributed by atoms with Gasteiger partial charge in [-0.25, -0.2) is 15.0 Å². The summed E-state index contributed by atoms with van der Waals surface area (Å²) >= 11 is 1.44. The fourth-order valence-electron chi connectivity index (χ4n) is 3.80. The lowest BCUT2D eigenvalue weighted by Gasteiger charge is -2.35. The van der Waals surface area contributed by atoms with Crippen LogP contribution in [0.3, 0.4) is 0 Å². The molecular weight excluding hydrogens is 400 g/mol. The van der Waals surface area contributed by atoms with E-state index in [1.807, 2.05) is 23.3 Å². The summed E-state index contributed by atoms with van der Waals surface area (Å²) in [5, 5.41) is 2.61. The summed E-state index contributed by atoms with van der Waals surface area (Å²) in [4.78, 5) is 44.3. The molecule has 0 saturated carbocycles. The summed E-state index contributed by atoms with van der Waals surface area (Å²) in [7, 11) is 0. The molecule has 0 bridgehead atoms. The largest absolute Gasteiger partial charge is 0.353 e.